The summed E-state index contributed by atoms with van der Waals surface area (Å²) in [7, 11) is -3.54. The maximum Gasteiger partial charge on any atom is 0.275 e. The highest BCUT2D eigenvalue weighted by Crippen LogP contribution is 2.19. The first-order valence-corrected chi connectivity index (χ1v) is 11.2. The van der Waals surface area contributed by atoms with Crippen molar-refractivity contribution in [3.63, 3.8) is 0 Å². The van der Waals surface area contributed by atoms with Gasteiger partial charge in [0.2, 0.25) is 10.0 Å². The molecule has 0 spiro atoms. The van der Waals surface area contributed by atoms with Gasteiger partial charge in [-0.2, -0.15) is 4.31 Å². The number of benzene rings is 1. The molecule has 0 aliphatic carbocycles. The van der Waals surface area contributed by atoms with Gasteiger partial charge in [-0.3, -0.25) is 4.79 Å². The quantitative estimate of drug-likeness (QED) is 0.644. The Kier molecular flexibility index (Phi) is 6.94. The molecule has 158 valence electrons. The van der Waals surface area contributed by atoms with E-state index in [1.54, 1.807) is 36.6 Å². The van der Waals surface area contributed by atoms with E-state index < -0.39 is 10.0 Å². The summed E-state index contributed by atoms with van der Waals surface area (Å²) in [6.45, 7) is 6.51. The van der Waals surface area contributed by atoms with Crippen LogP contribution in [-0.2, 0) is 14.8 Å². The molecule has 29 heavy (non-hydrogen) atoms. The molecule has 2 aromatic rings. The second kappa shape index (κ2) is 9.43. The number of hydrogen-bond donors (Lipinski definition) is 2. The van der Waals surface area contributed by atoms with Crippen LogP contribution in [0.1, 0.15) is 25.6 Å². The second-order valence-electron chi connectivity index (χ2n) is 7.04. The first-order valence-electron chi connectivity index (χ1n) is 9.79. The molecule has 1 fully saturated rings. The van der Waals surface area contributed by atoms with Crippen molar-refractivity contribution in [2.45, 2.75) is 24.8 Å². The van der Waals surface area contributed by atoms with Gasteiger partial charge in [-0.05, 0) is 50.2 Å². The number of nitrogens with zero attached hydrogens (tertiary/aromatic N) is 1. The minimum atomic E-state index is -3.54. The zero-order valence-electron chi connectivity index (χ0n) is 16.8. The average Bonchev–Trinajstić information content (AvgIpc) is 3.24. The average molecular weight is 423 g/mol. The van der Waals surface area contributed by atoms with E-state index >= 15 is 0 Å². The molecule has 2 heterocycles. The molecule has 1 aromatic heterocycles. The Balaban J connectivity index is 1.51. The Morgan fingerprint density at radius 1 is 1.24 bits per heavy atom. The third kappa shape index (κ3) is 5.37. The number of piperazine rings is 1. The van der Waals surface area contributed by atoms with E-state index in [2.05, 4.69) is 5.32 Å². The van der Waals surface area contributed by atoms with Crippen molar-refractivity contribution < 1.29 is 27.3 Å². The number of carbonyl (C=O) groups is 1. The number of furan rings is 1. The molecule has 0 bridgehead atoms. The van der Waals surface area contributed by atoms with Gasteiger partial charge in [0.05, 0.1) is 50.0 Å². The highest BCUT2D eigenvalue weighted by atomic mass is 32.2. The molecule has 1 atom stereocenters. The molecule has 2 N–H and O–H groups in total. The van der Waals surface area contributed by atoms with Crippen LogP contribution in [0.4, 0.5) is 0 Å². The third-order valence-corrected chi connectivity index (χ3v) is 6.87. The summed E-state index contributed by atoms with van der Waals surface area (Å²) in [4.78, 5) is 13.6. The van der Waals surface area contributed by atoms with Crippen LogP contribution >= 0.6 is 0 Å². The Hall–Kier alpha value is -2.36. The van der Waals surface area contributed by atoms with E-state index in [-0.39, 0.29) is 16.8 Å². The lowest BCUT2D eigenvalue weighted by molar-refractivity contribution is -0.895. The summed E-state index contributed by atoms with van der Waals surface area (Å²) in [6.07, 6.45) is 1.58. The molecule has 1 aliphatic heterocycles. The highest BCUT2D eigenvalue weighted by molar-refractivity contribution is 7.89. The van der Waals surface area contributed by atoms with E-state index in [0.29, 0.717) is 50.8 Å². The van der Waals surface area contributed by atoms with Gasteiger partial charge in [0.1, 0.15) is 11.5 Å². The lowest BCUT2D eigenvalue weighted by atomic mass is 10.2. The molecule has 0 radical (unpaired) electrons. The van der Waals surface area contributed by atoms with Crippen LogP contribution in [0.2, 0.25) is 0 Å². The Labute approximate surface area is 171 Å². The van der Waals surface area contributed by atoms with Crippen LogP contribution in [0.3, 0.4) is 0 Å². The maximum absolute atomic E-state index is 12.8. The van der Waals surface area contributed by atoms with Crippen molar-refractivity contribution in [2.24, 2.45) is 0 Å². The summed E-state index contributed by atoms with van der Waals surface area (Å²) in [5.74, 6) is 1.28. The molecular formula is C20H28N3O5S+. The minimum absolute atomic E-state index is 0.0771. The summed E-state index contributed by atoms with van der Waals surface area (Å²) < 4.78 is 37.8. The van der Waals surface area contributed by atoms with Gasteiger partial charge in [0.15, 0.2) is 6.54 Å². The normalized spacial score (nSPS) is 17.0. The van der Waals surface area contributed by atoms with E-state index in [0.717, 1.165) is 4.90 Å². The van der Waals surface area contributed by atoms with Crippen molar-refractivity contribution in [3.05, 3.63) is 48.4 Å². The van der Waals surface area contributed by atoms with Crippen LogP contribution in [0.15, 0.2) is 52.0 Å². The van der Waals surface area contributed by atoms with Crippen molar-refractivity contribution in [1.29, 1.82) is 0 Å². The van der Waals surface area contributed by atoms with Crippen LogP contribution in [0, 0.1) is 0 Å². The SMILES string of the molecule is CCOc1ccc(S(=O)(=O)N2CC[NH+](CC(=O)N[C@@H](C)c3ccco3)CC2)cc1. The fourth-order valence-corrected chi connectivity index (χ4v) is 4.81. The largest absolute Gasteiger partial charge is 0.494 e. The number of quaternary nitrogens is 1. The van der Waals surface area contributed by atoms with Crippen molar-refractivity contribution in [1.82, 2.24) is 9.62 Å². The summed E-state index contributed by atoms with van der Waals surface area (Å²) >= 11 is 0. The second-order valence-corrected chi connectivity index (χ2v) is 8.98. The van der Waals surface area contributed by atoms with Crippen molar-refractivity contribution >= 4 is 15.9 Å². The van der Waals surface area contributed by atoms with E-state index in [9.17, 15) is 13.2 Å². The molecule has 8 nitrogen and oxygen atoms in total. The number of carbonyl (C=O) groups excluding carboxylic acids is 1. The van der Waals surface area contributed by atoms with Crippen LogP contribution in [-0.4, -0.2) is 58.0 Å². The van der Waals surface area contributed by atoms with Gasteiger partial charge in [0, 0.05) is 0 Å². The fourth-order valence-electron chi connectivity index (χ4n) is 3.37. The molecule has 0 saturated carbocycles. The van der Waals surface area contributed by atoms with Gasteiger partial charge in [-0.1, -0.05) is 0 Å². The lowest BCUT2D eigenvalue weighted by Gasteiger charge is -2.31. The first-order chi connectivity index (χ1) is 13.9. The van der Waals surface area contributed by atoms with Crippen LogP contribution in [0.5, 0.6) is 5.75 Å². The molecule has 1 aromatic carbocycles. The lowest BCUT2D eigenvalue weighted by Crippen LogP contribution is -3.15. The summed E-state index contributed by atoms with van der Waals surface area (Å²) in [5.41, 5.74) is 0. The van der Waals surface area contributed by atoms with Crippen LogP contribution < -0.4 is 15.0 Å². The highest BCUT2D eigenvalue weighted by Gasteiger charge is 2.31. The molecule has 0 unspecified atom stereocenters. The number of nitrogens with one attached hydrogen (secondary N) is 2. The predicted molar refractivity (Wildman–Crippen MR) is 107 cm³/mol. The smallest absolute Gasteiger partial charge is 0.275 e. The molecule has 1 aliphatic rings. The molecular weight excluding hydrogens is 394 g/mol. The Bertz CT molecular complexity index is 889. The molecule has 1 saturated heterocycles. The van der Waals surface area contributed by atoms with E-state index in [4.69, 9.17) is 9.15 Å². The van der Waals surface area contributed by atoms with Gasteiger partial charge in [-0.25, -0.2) is 8.42 Å². The number of hydrogen-bond acceptors (Lipinski definition) is 5. The third-order valence-electron chi connectivity index (χ3n) is 4.96. The monoisotopic (exact) mass is 422 g/mol. The fraction of sp³-hybridized carbons (Fsp3) is 0.450. The zero-order valence-corrected chi connectivity index (χ0v) is 17.6. The maximum atomic E-state index is 12.8. The predicted octanol–water partition coefficient (Wildman–Crippen LogP) is 0.445. The molecule has 1 amide bonds. The van der Waals surface area contributed by atoms with Gasteiger partial charge in [0.25, 0.3) is 5.91 Å². The molecule has 3 rings (SSSR count). The Morgan fingerprint density at radius 2 is 1.93 bits per heavy atom. The summed E-state index contributed by atoms with van der Waals surface area (Å²) in [6, 6.07) is 9.89. The topological polar surface area (TPSA) is 93.3 Å². The number of sulfonamides is 1. The van der Waals surface area contributed by atoms with Crippen molar-refractivity contribution in [2.75, 3.05) is 39.3 Å². The molecule has 9 heteroatoms. The van der Waals surface area contributed by atoms with E-state index in [1.807, 2.05) is 19.9 Å². The van der Waals surface area contributed by atoms with Gasteiger partial charge >= 0.3 is 0 Å². The number of rotatable bonds is 8. The van der Waals surface area contributed by atoms with E-state index in [1.165, 1.54) is 4.31 Å². The van der Waals surface area contributed by atoms with Crippen molar-refractivity contribution in [3.8, 4) is 5.75 Å². The van der Waals surface area contributed by atoms with Gasteiger partial charge < -0.3 is 19.4 Å². The number of amides is 1. The first kappa shape index (κ1) is 21.4. The zero-order chi connectivity index (χ0) is 20.9. The number of ether oxygens (including phenoxy) is 1. The van der Waals surface area contributed by atoms with Gasteiger partial charge in [-0.15, -0.1) is 0 Å². The minimum Gasteiger partial charge on any atom is -0.494 e. The standard InChI is InChI=1S/C20H27N3O5S/c1-3-27-17-6-8-18(9-7-17)29(25,26)23-12-10-22(11-13-23)15-20(24)21-16(2)19-5-4-14-28-19/h4-9,14,16H,3,10-13,15H2,1-2H3,(H,21,24)/p+1/t16-/m0/s1. The van der Waals surface area contributed by atoms with Crippen LogP contribution in [0.25, 0.3) is 0 Å². The summed E-state index contributed by atoms with van der Waals surface area (Å²) in [5, 5.41) is 2.92. The Morgan fingerprint density at radius 3 is 2.52 bits per heavy atom.